The van der Waals surface area contributed by atoms with E-state index in [1.165, 1.54) is 0 Å². The topological polar surface area (TPSA) is 82.3 Å². The van der Waals surface area contributed by atoms with Crippen molar-refractivity contribution in [2.45, 2.75) is 12.8 Å². The van der Waals surface area contributed by atoms with Crippen molar-refractivity contribution in [1.82, 2.24) is 21.3 Å². The van der Waals surface area contributed by atoms with E-state index in [1.54, 1.807) is 36.4 Å². The van der Waals surface area contributed by atoms with Crippen LogP contribution in [0.3, 0.4) is 0 Å². The molecular formula is C20H22N4O2S2. The summed E-state index contributed by atoms with van der Waals surface area (Å²) in [7, 11) is 0. The first-order valence-electron chi connectivity index (χ1n) is 8.83. The molecule has 0 fully saturated rings. The van der Waals surface area contributed by atoms with E-state index < -0.39 is 0 Å². The summed E-state index contributed by atoms with van der Waals surface area (Å²) in [5.74, 6) is -0.500. The molecule has 2 amide bonds. The first-order chi connectivity index (χ1) is 13.6. The van der Waals surface area contributed by atoms with Gasteiger partial charge in [0, 0.05) is 24.2 Å². The van der Waals surface area contributed by atoms with Crippen LogP contribution >= 0.6 is 24.4 Å². The van der Waals surface area contributed by atoms with Crippen LogP contribution in [0.2, 0.25) is 0 Å². The van der Waals surface area contributed by atoms with E-state index in [0.717, 1.165) is 6.42 Å². The zero-order valence-electron chi connectivity index (χ0n) is 15.2. The summed E-state index contributed by atoms with van der Waals surface area (Å²) < 4.78 is 0. The van der Waals surface area contributed by atoms with Gasteiger partial charge in [-0.3, -0.25) is 20.2 Å². The van der Waals surface area contributed by atoms with Gasteiger partial charge < -0.3 is 10.6 Å². The Morgan fingerprint density at radius 3 is 2.21 bits per heavy atom. The van der Waals surface area contributed by atoms with Gasteiger partial charge in [-0.25, -0.2) is 0 Å². The zero-order valence-corrected chi connectivity index (χ0v) is 16.9. The van der Waals surface area contributed by atoms with Crippen LogP contribution in [0.15, 0.2) is 66.3 Å². The van der Waals surface area contributed by atoms with Gasteiger partial charge in [-0.05, 0) is 55.5 Å². The summed E-state index contributed by atoms with van der Waals surface area (Å²) in [5, 5.41) is 11.7. The minimum atomic E-state index is -0.253. The molecule has 1 aliphatic rings. The molecule has 0 aromatic heterocycles. The number of allylic oxidation sites excluding steroid dienone is 4. The monoisotopic (exact) mass is 414 g/mol. The number of carbonyl (C=O) groups is 2. The van der Waals surface area contributed by atoms with E-state index in [0.29, 0.717) is 30.6 Å². The number of hydrogen-bond donors (Lipinski definition) is 4. The van der Waals surface area contributed by atoms with Gasteiger partial charge in [-0.1, -0.05) is 42.5 Å². The van der Waals surface area contributed by atoms with Crippen LogP contribution in [0.4, 0.5) is 0 Å². The van der Waals surface area contributed by atoms with Gasteiger partial charge in [0.2, 0.25) is 0 Å². The Hall–Kier alpha value is -2.84. The number of thiocarbonyl (C=S) groups is 2. The minimum Gasteiger partial charge on any atom is -0.362 e. The number of amides is 2. The fraction of sp³-hybridized carbons (Fsp3) is 0.200. The molecule has 0 radical (unpaired) electrons. The standard InChI is InChI=1S/C20H22N4O2S2/c25-17(15-9-4-1-2-5-10-15)23-19(27)21-13-8-14-22-20(28)24-18(26)16-11-6-3-7-12-16/h1,3-7,9-12H,2,8,13-14H2,(H2,21,23,25,27)(H2,22,24,26,28). The Morgan fingerprint density at radius 1 is 0.893 bits per heavy atom. The Balaban J connectivity index is 1.59. The molecule has 1 aromatic carbocycles. The molecule has 1 aliphatic carbocycles. The molecule has 8 heteroatoms. The highest BCUT2D eigenvalue weighted by Crippen LogP contribution is 2.04. The van der Waals surface area contributed by atoms with Crippen molar-refractivity contribution in [3.8, 4) is 0 Å². The molecule has 4 N–H and O–H groups in total. The number of benzene rings is 1. The van der Waals surface area contributed by atoms with E-state index in [2.05, 4.69) is 21.3 Å². The van der Waals surface area contributed by atoms with Crippen molar-refractivity contribution in [3.63, 3.8) is 0 Å². The average molecular weight is 415 g/mol. The second kappa shape index (κ2) is 11.8. The second-order valence-corrected chi connectivity index (χ2v) is 6.64. The largest absolute Gasteiger partial charge is 0.362 e. The quantitative estimate of drug-likeness (QED) is 0.422. The predicted molar refractivity (Wildman–Crippen MR) is 119 cm³/mol. The molecule has 0 aliphatic heterocycles. The van der Waals surface area contributed by atoms with E-state index in [1.807, 2.05) is 24.3 Å². The third kappa shape index (κ3) is 7.81. The molecule has 0 unspecified atom stereocenters. The summed E-state index contributed by atoms with van der Waals surface area (Å²) in [6, 6.07) is 8.85. The Kier molecular flexibility index (Phi) is 9.03. The Labute approximate surface area is 175 Å². The first kappa shape index (κ1) is 21.5. The first-order valence-corrected chi connectivity index (χ1v) is 9.64. The second-order valence-electron chi connectivity index (χ2n) is 5.83. The molecule has 0 spiro atoms. The fourth-order valence-corrected chi connectivity index (χ4v) is 2.64. The Morgan fingerprint density at radius 2 is 1.54 bits per heavy atom. The molecule has 0 bridgehead atoms. The highest BCUT2D eigenvalue weighted by Gasteiger charge is 2.09. The van der Waals surface area contributed by atoms with Crippen molar-refractivity contribution >= 4 is 46.5 Å². The van der Waals surface area contributed by atoms with E-state index >= 15 is 0 Å². The lowest BCUT2D eigenvalue weighted by atomic mass is 10.2. The summed E-state index contributed by atoms with van der Waals surface area (Å²) in [6.45, 7) is 1.10. The maximum atomic E-state index is 12.1. The van der Waals surface area contributed by atoms with Crippen LogP contribution in [0.1, 0.15) is 23.2 Å². The third-order valence-corrected chi connectivity index (χ3v) is 4.15. The van der Waals surface area contributed by atoms with Gasteiger partial charge in [0.15, 0.2) is 10.2 Å². The fourth-order valence-electron chi connectivity index (χ4n) is 2.25. The SMILES string of the molecule is O=C(NC(=S)NCCCNC(=S)NC(=O)c1ccccc1)C1=CC=CCC=C1. The van der Waals surface area contributed by atoms with Crippen LogP contribution in [0, 0.1) is 0 Å². The summed E-state index contributed by atoms with van der Waals surface area (Å²) in [6.07, 6.45) is 10.7. The lowest BCUT2D eigenvalue weighted by Crippen LogP contribution is -2.42. The molecule has 146 valence electrons. The maximum absolute atomic E-state index is 12.1. The molecule has 0 heterocycles. The van der Waals surface area contributed by atoms with Crippen LogP contribution in [0.25, 0.3) is 0 Å². The molecule has 2 rings (SSSR count). The zero-order chi connectivity index (χ0) is 20.2. The number of hydrogen-bond acceptors (Lipinski definition) is 4. The lowest BCUT2D eigenvalue weighted by Gasteiger charge is -2.11. The van der Waals surface area contributed by atoms with Crippen LogP contribution in [-0.2, 0) is 4.79 Å². The highest BCUT2D eigenvalue weighted by molar-refractivity contribution is 7.80. The summed E-state index contributed by atoms with van der Waals surface area (Å²) in [4.78, 5) is 24.1. The molecular weight excluding hydrogens is 392 g/mol. The van der Waals surface area contributed by atoms with Gasteiger partial charge in [0.1, 0.15) is 0 Å². The van der Waals surface area contributed by atoms with Gasteiger partial charge in [-0.2, -0.15) is 0 Å². The van der Waals surface area contributed by atoms with Crippen molar-refractivity contribution in [3.05, 3.63) is 71.8 Å². The van der Waals surface area contributed by atoms with Gasteiger partial charge in [0.05, 0.1) is 0 Å². The summed E-state index contributed by atoms with van der Waals surface area (Å²) in [5.41, 5.74) is 1.10. The van der Waals surface area contributed by atoms with Crippen LogP contribution in [-0.4, -0.2) is 35.1 Å². The lowest BCUT2D eigenvalue weighted by molar-refractivity contribution is -0.115. The molecule has 1 aromatic rings. The highest BCUT2D eigenvalue weighted by atomic mass is 32.1. The van der Waals surface area contributed by atoms with Gasteiger partial charge in [-0.15, -0.1) is 0 Å². The molecule has 0 saturated heterocycles. The van der Waals surface area contributed by atoms with Crippen molar-refractivity contribution in [1.29, 1.82) is 0 Å². The Bertz CT molecular complexity index is 817. The van der Waals surface area contributed by atoms with Crippen molar-refractivity contribution < 1.29 is 9.59 Å². The third-order valence-electron chi connectivity index (χ3n) is 3.66. The molecule has 0 atom stereocenters. The van der Waals surface area contributed by atoms with E-state index in [-0.39, 0.29) is 22.0 Å². The van der Waals surface area contributed by atoms with Crippen LogP contribution < -0.4 is 21.3 Å². The van der Waals surface area contributed by atoms with Crippen LogP contribution in [0.5, 0.6) is 0 Å². The normalized spacial score (nSPS) is 12.4. The molecule has 0 saturated carbocycles. The number of rotatable bonds is 6. The number of carbonyl (C=O) groups excluding carboxylic acids is 2. The smallest absolute Gasteiger partial charge is 0.257 e. The average Bonchev–Trinajstić information content (AvgIpc) is 2.98. The predicted octanol–water partition coefficient (Wildman–Crippen LogP) is 2.11. The van der Waals surface area contributed by atoms with Crippen molar-refractivity contribution in [2.24, 2.45) is 0 Å². The van der Waals surface area contributed by atoms with E-state index in [9.17, 15) is 9.59 Å². The van der Waals surface area contributed by atoms with E-state index in [4.69, 9.17) is 24.4 Å². The maximum Gasteiger partial charge on any atom is 0.257 e. The van der Waals surface area contributed by atoms with Gasteiger partial charge >= 0.3 is 0 Å². The number of nitrogens with one attached hydrogen (secondary N) is 4. The van der Waals surface area contributed by atoms with Gasteiger partial charge in [0.25, 0.3) is 11.8 Å². The molecule has 6 nitrogen and oxygen atoms in total. The molecule has 28 heavy (non-hydrogen) atoms. The minimum absolute atomic E-state index is 0.247. The summed E-state index contributed by atoms with van der Waals surface area (Å²) >= 11 is 10.2. The van der Waals surface area contributed by atoms with Crippen molar-refractivity contribution in [2.75, 3.05) is 13.1 Å².